The molecule has 3 nitrogen and oxygen atoms in total. The highest BCUT2D eigenvalue weighted by Gasteiger charge is 2.60. The fraction of sp³-hybridized carbons (Fsp3) is 0.556. The number of rotatable bonds is 1. The summed E-state index contributed by atoms with van der Waals surface area (Å²) in [4.78, 5) is 25.8. The highest BCUT2D eigenvalue weighted by atomic mass is 79.9. The molecule has 2 fully saturated rings. The monoisotopic (exact) mass is 364 g/mol. The van der Waals surface area contributed by atoms with E-state index in [-0.39, 0.29) is 11.8 Å². The van der Waals surface area contributed by atoms with Gasteiger partial charge in [-0.25, -0.2) is 0 Å². The normalized spacial score (nSPS) is 26.8. The Kier molecular flexibility index (Phi) is 3.92. The number of carbonyl (C=O) groups is 2. The van der Waals surface area contributed by atoms with Gasteiger partial charge < -0.3 is 4.74 Å². The number of hydrogen-bond donors (Lipinski definition) is 0. The topological polar surface area (TPSA) is 43.4 Å². The maximum absolute atomic E-state index is 13.2. The van der Waals surface area contributed by atoms with E-state index in [0.29, 0.717) is 12.8 Å². The van der Waals surface area contributed by atoms with Crippen LogP contribution in [-0.2, 0) is 14.3 Å². The fourth-order valence-corrected chi connectivity index (χ4v) is 4.17. The van der Waals surface area contributed by atoms with Crippen LogP contribution in [0.2, 0.25) is 0 Å². The van der Waals surface area contributed by atoms with Gasteiger partial charge in [0, 0.05) is 4.47 Å². The fourth-order valence-electron chi connectivity index (χ4n) is 3.90. The van der Waals surface area contributed by atoms with E-state index in [1.54, 1.807) is 0 Å². The van der Waals surface area contributed by atoms with Gasteiger partial charge in [-0.05, 0) is 44.4 Å². The van der Waals surface area contributed by atoms with E-state index in [1.165, 1.54) is 0 Å². The van der Waals surface area contributed by atoms with Crippen molar-refractivity contribution < 1.29 is 14.3 Å². The SMILES string of the molecule is CC1(C)C(=O)C2(CCCCC2)C(=O)OC1c1ccc(Br)cc1. The Hall–Kier alpha value is -1.16. The minimum Gasteiger partial charge on any atom is -0.456 e. The summed E-state index contributed by atoms with van der Waals surface area (Å²) in [5.41, 5.74) is -0.715. The Morgan fingerprint density at radius 2 is 1.64 bits per heavy atom. The lowest BCUT2D eigenvalue weighted by atomic mass is 9.60. The molecule has 3 rings (SSSR count). The second-order valence-electron chi connectivity index (χ2n) is 7.03. The zero-order valence-electron chi connectivity index (χ0n) is 13.0. The molecule has 1 atom stereocenters. The third kappa shape index (κ3) is 2.32. The van der Waals surface area contributed by atoms with Crippen molar-refractivity contribution in [3.05, 3.63) is 34.3 Å². The first-order valence-electron chi connectivity index (χ1n) is 7.89. The summed E-state index contributed by atoms with van der Waals surface area (Å²) in [5, 5.41) is 0. The Labute approximate surface area is 139 Å². The summed E-state index contributed by atoms with van der Waals surface area (Å²) in [7, 11) is 0. The van der Waals surface area contributed by atoms with Crippen molar-refractivity contribution in [2.45, 2.75) is 52.1 Å². The number of benzene rings is 1. The first-order valence-corrected chi connectivity index (χ1v) is 8.69. The summed E-state index contributed by atoms with van der Waals surface area (Å²) in [6, 6.07) is 7.65. The number of cyclic esters (lactones) is 1. The number of ether oxygens (including phenoxy) is 1. The molecule has 2 aliphatic rings. The zero-order valence-corrected chi connectivity index (χ0v) is 14.6. The van der Waals surface area contributed by atoms with Crippen molar-refractivity contribution in [3.8, 4) is 0 Å². The largest absolute Gasteiger partial charge is 0.456 e. The van der Waals surface area contributed by atoms with Crippen molar-refractivity contribution in [3.63, 3.8) is 0 Å². The molecule has 1 unspecified atom stereocenters. The molecule has 0 N–H and O–H groups in total. The molecule has 1 aromatic carbocycles. The highest BCUT2D eigenvalue weighted by Crippen LogP contribution is 2.53. The third-order valence-electron chi connectivity index (χ3n) is 5.17. The maximum atomic E-state index is 13.2. The molecule has 1 aromatic rings. The van der Waals surface area contributed by atoms with Gasteiger partial charge in [-0.2, -0.15) is 0 Å². The van der Waals surface area contributed by atoms with E-state index >= 15 is 0 Å². The lowest BCUT2D eigenvalue weighted by molar-refractivity contribution is -0.192. The van der Waals surface area contributed by atoms with Crippen LogP contribution in [0.3, 0.4) is 0 Å². The molecule has 4 heteroatoms. The first-order chi connectivity index (χ1) is 10.4. The lowest BCUT2D eigenvalue weighted by Crippen LogP contribution is -2.55. The van der Waals surface area contributed by atoms with Crippen LogP contribution in [0, 0.1) is 10.8 Å². The second kappa shape index (κ2) is 5.48. The highest BCUT2D eigenvalue weighted by molar-refractivity contribution is 9.10. The van der Waals surface area contributed by atoms with E-state index < -0.39 is 16.9 Å². The van der Waals surface area contributed by atoms with E-state index in [9.17, 15) is 9.59 Å². The lowest BCUT2D eigenvalue weighted by Gasteiger charge is -2.47. The number of hydrogen-bond acceptors (Lipinski definition) is 3. The molecular formula is C18H21BrO3. The molecule has 1 saturated carbocycles. The minimum atomic E-state index is -0.895. The quantitative estimate of drug-likeness (QED) is 0.540. The van der Waals surface area contributed by atoms with Gasteiger partial charge in [-0.1, -0.05) is 47.3 Å². The summed E-state index contributed by atoms with van der Waals surface area (Å²) in [6.07, 6.45) is 3.73. The maximum Gasteiger partial charge on any atom is 0.320 e. The van der Waals surface area contributed by atoms with Crippen molar-refractivity contribution in [1.82, 2.24) is 0 Å². The smallest absolute Gasteiger partial charge is 0.320 e. The second-order valence-corrected chi connectivity index (χ2v) is 7.95. The van der Waals surface area contributed by atoms with Crippen molar-refractivity contribution >= 4 is 27.7 Å². The van der Waals surface area contributed by atoms with Crippen molar-refractivity contribution in [2.24, 2.45) is 10.8 Å². The number of ketones is 1. The van der Waals surface area contributed by atoms with Gasteiger partial charge in [-0.3, -0.25) is 9.59 Å². The van der Waals surface area contributed by atoms with Crippen LogP contribution in [0.15, 0.2) is 28.7 Å². The Balaban J connectivity index is 1.98. The summed E-state index contributed by atoms with van der Waals surface area (Å²) in [6.45, 7) is 3.82. The van der Waals surface area contributed by atoms with Crippen LogP contribution < -0.4 is 0 Å². The number of esters is 1. The molecule has 1 spiro atoms. The van der Waals surface area contributed by atoms with E-state index in [0.717, 1.165) is 29.3 Å². The van der Waals surface area contributed by atoms with Gasteiger partial charge in [0.1, 0.15) is 11.5 Å². The molecule has 118 valence electrons. The van der Waals surface area contributed by atoms with Crippen LogP contribution in [0.25, 0.3) is 0 Å². The zero-order chi connectivity index (χ0) is 16.0. The molecule has 1 aliphatic heterocycles. The van der Waals surface area contributed by atoms with Gasteiger partial charge >= 0.3 is 5.97 Å². The third-order valence-corrected chi connectivity index (χ3v) is 5.70. The number of carbonyl (C=O) groups excluding carboxylic acids is 2. The molecule has 0 radical (unpaired) electrons. The molecule has 0 aromatic heterocycles. The predicted molar refractivity (Wildman–Crippen MR) is 87.3 cm³/mol. The standard InChI is InChI=1S/C18H21BrO3/c1-17(2)14(12-6-8-13(19)9-7-12)22-16(21)18(15(17)20)10-4-3-5-11-18/h6-9,14H,3-5,10-11H2,1-2H3. The van der Waals surface area contributed by atoms with Gasteiger partial charge in [0.2, 0.25) is 0 Å². The van der Waals surface area contributed by atoms with Crippen LogP contribution in [0.4, 0.5) is 0 Å². The van der Waals surface area contributed by atoms with Crippen molar-refractivity contribution in [1.29, 1.82) is 0 Å². The number of Topliss-reactive ketones (excluding diaryl/α,β-unsaturated/α-hetero) is 1. The van der Waals surface area contributed by atoms with E-state index in [1.807, 2.05) is 38.1 Å². The average molecular weight is 365 g/mol. The first kappa shape index (κ1) is 15.7. The van der Waals surface area contributed by atoms with Crippen LogP contribution in [0.5, 0.6) is 0 Å². The van der Waals surface area contributed by atoms with Gasteiger partial charge in [0.05, 0.1) is 5.41 Å². The molecule has 1 aliphatic carbocycles. The van der Waals surface area contributed by atoms with Crippen LogP contribution in [0.1, 0.15) is 57.6 Å². The average Bonchev–Trinajstić information content (AvgIpc) is 2.52. The minimum absolute atomic E-state index is 0.0591. The summed E-state index contributed by atoms with van der Waals surface area (Å²) in [5.74, 6) is -0.256. The van der Waals surface area contributed by atoms with Crippen LogP contribution in [-0.4, -0.2) is 11.8 Å². The number of halogens is 1. The van der Waals surface area contributed by atoms with Gasteiger partial charge in [0.25, 0.3) is 0 Å². The summed E-state index contributed by atoms with van der Waals surface area (Å²) >= 11 is 3.40. The molecular weight excluding hydrogens is 344 g/mol. The van der Waals surface area contributed by atoms with Crippen LogP contribution >= 0.6 is 15.9 Å². The van der Waals surface area contributed by atoms with Gasteiger partial charge in [-0.15, -0.1) is 0 Å². The molecule has 22 heavy (non-hydrogen) atoms. The van der Waals surface area contributed by atoms with Crippen molar-refractivity contribution in [2.75, 3.05) is 0 Å². The molecule has 1 saturated heterocycles. The Bertz CT molecular complexity index is 597. The molecule has 0 bridgehead atoms. The molecule has 1 heterocycles. The Morgan fingerprint density at radius 3 is 2.23 bits per heavy atom. The Morgan fingerprint density at radius 1 is 1.05 bits per heavy atom. The predicted octanol–water partition coefficient (Wildman–Crippen LogP) is 4.59. The molecule has 0 amide bonds. The van der Waals surface area contributed by atoms with E-state index in [4.69, 9.17) is 4.74 Å². The van der Waals surface area contributed by atoms with E-state index in [2.05, 4.69) is 15.9 Å². The summed E-state index contributed by atoms with van der Waals surface area (Å²) < 4.78 is 6.78. The van der Waals surface area contributed by atoms with Gasteiger partial charge in [0.15, 0.2) is 5.78 Å².